The van der Waals surface area contributed by atoms with E-state index in [9.17, 15) is 4.79 Å². The maximum absolute atomic E-state index is 11.5. The van der Waals surface area contributed by atoms with E-state index >= 15 is 0 Å². The van der Waals surface area contributed by atoms with Crippen LogP contribution in [0.3, 0.4) is 0 Å². The number of nitrogens with one attached hydrogen (secondary N) is 1. The lowest BCUT2D eigenvalue weighted by Gasteiger charge is -2.24. The van der Waals surface area contributed by atoms with Gasteiger partial charge < -0.3 is 15.0 Å². The Bertz CT molecular complexity index is 268. The zero-order valence-corrected chi connectivity index (χ0v) is 13.0. The van der Waals surface area contributed by atoms with E-state index in [0.717, 1.165) is 19.1 Å². The molecule has 1 saturated carbocycles. The van der Waals surface area contributed by atoms with Crippen molar-refractivity contribution in [1.82, 2.24) is 10.2 Å². The van der Waals surface area contributed by atoms with E-state index in [2.05, 4.69) is 17.3 Å². The van der Waals surface area contributed by atoms with E-state index < -0.39 is 0 Å². The first-order valence-electron chi connectivity index (χ1n) is 7.51. The third-order valence-electron chi connectivity index (χ3n) is 3.52. The molecule has 0 heterocycles. The number of carbonyl (C=O) groups is 1. The lowest BCUT2D eigenvalue weighted by molar-refractivity contribution is -0.154. The monoisotopic (exact) mass is 270 g/mol. The highest BCUT2D eigenvalue weighted by atomic mass is 16.6. The van der Waals surface area contributed by atoms with Gasteiger partial charge in [0.1, 0.15) is 5.60 Å². The number of likely N-dealkylation sites (N-methyl/N-ethyl adjacent to an activating group) is 1. The predicted molar refractivity (Wildman–Crippen MR) is 78.2 cm³/mol. The molecule has 0 unspecified atom stereocenters. The molecule has 0 saturated heterocycles. The Kier molecular flexibility index (Phi) is 6.80. The molecule has 19 heavy (non-hydrogen) atoms. The molecule has 0 aliphatic heterocycles. The van der Waals surface area contributed by atoms with Crippen LogP contribution >= 0.6 is 0 Å². The van der Waals surface area contributed by atoms with Crippen LogP contribution in [0.25, 0.3) is 0 Å². The fraction of sp³-hybridized carbons (Fsp3) is 0.933. The van der Waals surface area contributed by atoms with Crippen molar-refractivity contribution < 1.29 is 9.53 Å². The third-order valence-corrected chi connectivity index (χ3v) is 3.52. The van der Waals surface area contributed by atoms with E-state index in [1.165, 1.54) is 25.7 Å². The molecule has 1 fully saturated rings. The van der Waals surface area contributed by atoms with Crippen LogP contribution in [0.4, 0.5) is 0 Å². The fourth-order valence-corrected chi connectivity index (χ4v) is 2.49. The minimum Gasteiger partial charge on any atom is -0.460 e. The van der Waals surface area contributed by atoms with Gasteiger partial charge in [0.25, 0.3) is 0 Å². The number of hydrogen-bond donors (Lipinski definition) is 1. The molecule has 0 spiro atoms. The van der Waals surface area contributed by atoms with Gasteiger partial charge in [-0.25, -0.2) is 0 Å². The van der Waals surface area contributed by atoms with Crippen molar-refractivity contribution in [3.05, 3.63) is 0 Å². The molecular formula is C15H30N2O2. The quantitative estimate of drug-likeness (QED) is 0.569. The smallest absolute Gasteiger partial charge is 0.307 e. The summed E-state index contributed by atoms with van der Waals surface area (Å²) in [6.07, 6.45) is 5.88. The Balaban J connectivity index is 2.00. The highest BCUT2D eigenvalue weighted by Gasteiger charge is 2.19. The van der Waals surface area contributed by atoms with Gasteiger partial charge in [-0.15, -0.1) is 0 Å². The maximum atomic E-state index is 11.5. The molecular weight excluding hydrogens is 240 g/mol. The first-order chi connectivity index (χ1) is 8.88. The van der Waals surface area contributed by atoms with Crippen LogP contribution in [0.5, 0.6) is 0 Å². The number of nitrogens with zero attached hydrogens (tertiary/aromatic N) is 1. The molecule has 1 aliphatic rings. The summed E-state index contributed by atoms with van der Waals surface area (Å²) in [6.45, 7) is 8.39. The molecule has 0 atom stereocenters. The van der Waals surface area contributed by atoms with Gasteiger partial charge in [-0.1, -0.05) is 12.8 Å². The Morgan fingerprint density at radius 2 is 1.89 bits per heavy atom. The zero-order chi connectivity index (χ0) is 14.3. The first kappa shape index (κ1) is 16.4. The van der Waals surface area contributed by atoms with E-state index in [-0.39, 0.29) is 11.6 Å². The first-order valence-corrected chi connectivity index (χ1v) is 7.51. The highest BCUT2D eigenvalue weighted by molar-refractivity contribution is 5.70. The lowest BCUT2D eigenvalue weighted by Crippen LogP contribution is -2.36. The fourth-order valence-electron chi connectivity index (χ4n) is 2.49. The molecule has 0 bridgehead atoms. The van der Waals surface area contributed by atoms with Crippen molar-refractivity contribution in [2.75, 3.05) is 26.7 Å². The summed E-state index contributed by atoms with van der Waals surface area (Å²) in [5, 5.41) is 3.31. The van der Waals surface area contributed by atoms with Crippen molar-refractivity contribution in [1.29, 1.82) is 0 Å². The van der Waals surface area contributed by atoms with Gasteiger partial charge in [0.05, 0.1) is 6.42 Å². The van der Waals surface area contributed by atoms with Crippen LogP contribution in [-0.2, 0) is 9.53 Å². The van der Waals surface area contributed by atoms with E-state index in [1.807, 2.05) is 20.8 Å². The van der Waals surface area contributed by atoms with Gasteiger partial charge in [-0.2, -0.15) is 0 Å². The van der Waals surface area contributed by atoms with Crippen molar-refractivity contribution in [2.45, 2.75) is 64.5 Å². The molecule has 4 nitrogen and oxygen atoms in total. The second-order valence-corrected chi connectivity index (χ2v) is 6.51. The third kappa shape index (κ3) is 7.53. The molecule has 0 aromatic heterocycles. The zero-order valence-electron chi connectivity index (χ0n) is 13.0. The van der Waals surface area contributed by atoms with Crippen molar-refractivity contribution in [3.63, 3.8) is 0 Å². The van der Waals surface area contributed by atoms with Crippen molar-refractivity contribution in [3.8, 4) is 0 Å². The molecule has 0 aromatic rings. The Labute approximate surface area is 117 Å². The van der Waals surface area contributed by atoms with Gasteiger partial charge in [-0.05, 0) is 40.7 Å². The normalized spacial score (nSPS) is 17.1. The maximum Gasteiger partial charge on any atom is 0.307 e. The second-order valence-electron chi connectivity index (χ2n) is 6.51. The second kappa shape index (κ2) is 7.85. The van der Waals surface area contributed by atoms with Gasteiger partial charge in [0.2, 0.25) is 0 Å². The van der Waals surface area contributed by atoms with Crippen LogP contribution in [0.2, 0.25) is 0 Å². The van der Waals surface area contributed by atoms with Crippen molar-refractivity contribution in [2.24, 2.45) is 0 Å². The summed E-state index contributed by atoms with van der Waals surface area (Å²) in [6, 6.07) is 0.771. The Morgan fingerprint density at radius 1 is 1.26 bits per heavy atom. The SMILES string of the molecule is CN(CCNCCC(=O)OC(C)(C)C)C1CCCC1. The largest absolute Gasteiger partial charge is 0.460 e. The average Bonchev–Trinajstić information content (AvgIpc) is 2.79. The number of hydrogen-bond acceptors (Lipinski definition) is 4. The van der Waals surface area contributed by atoms with Crippen LogP contribution < -0.4 is 5.32 Å². The molecule has 0 amide bonds. The summed E-state index contributed by atoms with van der Waals surface area (Å²) in [7, 11) is 2.20. The lowest BCUT2D eigenvalue weighted by atomic mass is 10.2. The molecule has 112 valence electrons. The van der Waals surface area contributed by atoms with Crippen LogP contribution in [0.15, 0.2) is 0 Å². The molecule has 1 aliphatic carbocycles. The van der Waals surface area contributed by atoms with Crippen LogP contribution in [0.1, 0.15) is 52.9 Å². The topological polar surface area (TPSA) is 41.6 Å². The standard InChI is InChI=1S/C15H30N2O2/c1-15(2,3)19-14(18)9-10-16-11-12-17(4)13-7-5-6-8-13/h13,16H,5-12H2,1-4H3. The summed E-state index contributed by atoms with van der Waals surface area (Å²) < 4.78 is 5.26. The van der Waals surface area contributed by atoms with E-state index in [4.69, 9.17) is 4.74 Å². The molecule has 0 radical (unpaired) electrons. The molecule has 1 N–H and O–H groups in total. The average molecular weight is 270 g/mol. The summed E-state index contributed by atoms with van der Waals surface area (Å²) in [4.78, 5) is 13.9. The summed E-state index contributed by atoms with van der Waals surface area (Å²) in [5.74, 6) is -0.121. The van der Waals surface area contributed by atoms with Gasteiger partial charge in [0, 0.05) is 25.7 Å². The minimum atomic E-state index is -0.375. The van der Waals surface area contributed by atoms with Crippen LogP contribution in [0, 0.1) is 0 Å². The minimum absolute atomic E-state index is 0.121. The summed E-state index contributed by atoms with van der Waals surface area (Å²) in [5.41, 5.74) is -0.375. The predicted octanol–water partition coefficient (Wildman–Crippen LogP) is 2.18. The molecule has 0 aromatic carbocycles. The van der Waals surface area contributed by atoms with Crippen LogP contribution in [-0.4, -0.2) is 49.2 Å². The number of carbonyl (C=O) groups excluding carboxylic acids is 1. The number of ether oxygens (including phenoxy) is 1. The highest BCUT2D eigenvalue weighted by Crippen LogP contribution is 2.21. The van der Waals surface area contributed by atoms with Gasteiger partial charge >= 0.3 is 5.97 Å². The Hall–Kier alpha value is -0.610. The molecule has 4 heteroatoms. The number of esters is 1. The van der Waals surface area contributed by atoms with Gasteiger partial charge in [0.15, 0.2) is 0 Å². The van der Waals surface area contributed by atoms with Gasteiger partial charge in [-0.3, -0.25) is 4.79 Å². The van der Waals surface area contributed by atoms with Crippen molar-refractivity contribution >= 4 is 5.97 Å². The van der Waals surface area contributed by atoms with E-state index in [0.29, 0.717) is 13.0 Å². The summed E-state index contributed by atoms with van der Waals surface area (Å²) >= 11 is 0. The Morgan fingerprint density at radius 3 is 2.47 bits per heavy atom. The van der Waals surface area contributed by atoms with E-state index in [1.54, 1.807) is 0 Å². The number of rotatable bonds is 7. The molecule has 1 rings (SSSR count).